The number of benzene rings is 2. The highest BCUT2D eigenvalue weighted by molar-refractivity contribution is 5.40. The normalized spacial score (nSPS) is 16.5. The molecule has 1 unspecified atom stereocenters. The first-order chi connectivity index (χ1) is 13.1. The predicted octanol–water partition coefficient (Wildman–Crippen LogP) is 6.53. The van der Waals surface area contributed by atoms with E-state index in [1.165, 1.54) is 23.3 Å². The lowest BCUT2D eigenvalue weighted by Crippen LogP contribution is -2.16. The Labute approximate surface area is 161 Å². The highest BCUT2D eigenvalue weighted by Crippen LogP contribution is 2.37. The van der Waals surface area contributed by atoms with Gasteiger partial charge >= 0.3 is 0 Å². The summed E-state index contributed by atoms with van der Waals surface area (Å²) in [5.74, 6) is -0.0146. The lowest BCUT2D eigenvalue weighted by Gasteiger charge is -2.26. The minimum absolute atomic E-state index is 0.102. The molecular formula is C24H28F2O. The van der Waals surface area contributed by atoms with E-state index in [1.807, 2.05) is 32.1 Å². The third-order valence-corrected chi connectivity index (χ3v) is 5.28. The number of ether oxygens (including phenoxy) is 1. The van der Waals surface area contributed by atoms with Crippen molar-refractivity contribution >= 4 is 0 Å². The zero-order chi connectivity index (χ0) is 19.2. The van der Waals surface area contributed by atoms with Crippen LogP contribution in [0.2, 0.25) is 0 Å². The second kappa shape index (κ2) is 9.16. The average molecular weight is 370 g/mol. The molecule has 1 aliphatic carbocycles. The third kappa shape index (κ3) is 4.77. The Kier molecular flexibility index (Phi) is 6.65. The first-order valence-corrected chi connectivity index (χ1v) is 9.96. The average Bonchev–Trinajstić information content (AvgIpc) is 2.65. The molecule has 0 spiro atoms. The molecule has 1 aliphatic rings. The summed E-state index contributed by atoms with van der Waals surface area (Å²) >= 11 is 0. The molecule has 0 fully saturated rings. The molecule has 0 bridgehead atoms. The highest BCUT2D eigenvalue weighted by atomic mass is 19.1. The van der Waals surface area contributed by atoms with Gasteiger partial charge in [-0.1, -0.05) is 31.6 Å². The van der Waals surface area contributed by atoms with Crippen LogP contribution in [0.1, 0.15) is 61.3 Å². The summed E-state index contributed by atoms with van der Waals surface area (Å²) in [6.07, 6.45) is 8.84. The molecule has 144 valence electrons. The largest absolute Gasteiger partial charge is 0.493 e. The van der Waals surface area contributed by atoms with E-state index < -0.39 is 11.6 Å². The molecule has 1 nitrogen and oxygen atoms in total. The summed E-state index contributed by atoms with van der Waals surface area (Å²) < 4.78 is 35.0. The number of aryl methyl sites for hydroxylation is 2. The molecule has 2 aromatic carbocycles. The van der Waals surface area contributed by atoms with E-state index in [1.54, 1.807) is 0 Å². The van der Waals surface area contributed by atoms with E-state index in [0.29, 0.717) is 19.4 Å². The molecule has 0 saturated carbocycles. The number of halogens is 2. The molecule has 0 N–H and O–H groups in total. The fourth-order valence-electron chi connectivity index (χ4n) is 3.94. The van der Waals surface area contributed by atoms with Gasteiger partial charge in [0.2, 0.25) is 0 Å². The Morgan fingerprint density at radius 3 is 2.59 bits per heavy atom. The minimum atomic E-state index is -0.393. The predicted molar refractivity (Wildman–Crippen MR) is 106 cm³/mol. The van der Waals surface area contributed by atoms with E-state index in [9.17, 15) is 8.78 Å². The lowest BCUT2D eigenvalue weighted by molar-refractivity contribution is 0.324. The summed E-state index contributed by atoms with van der Waals surface area (Å²) in [7, 11) is 0. The molecule has 0 aliphatic heterocycles. The molecular weight excluding hydrogens is 342 g/mol. The Morgan fingerprint density at radius 2 is 1.89 bits per heavy atom. The van der Waals surface area contributed by atoms with Gasteiger partial charge in [-0.05, 0) is 85.9 Å². The van der Waals surface area contributed by atoms with Crippen molar-refractivity contribution in [1.29, 1.82) is 0 Å². The third-order valence-electron chi connectivity index (χ3n) is 5.28. The van der Waals surface area contributed by atoms with Crippen LogP contribution in [0.4, 0.5) is 8.78 Å². The van der Waals surface area contributed by atoms with Crippen LogP contribution < -0.4 is 4.74 Å². The van der Waals surface area contributed by atoms with Crippen molar-refractivity contribution in [1.82, 2.24) is 0 Å². The van der Waals surface area contributed by atoms with Crippen LogP contribution >= 0.6 is 0 Å². The van der Waals surface area contributed by atoms with Gasteiger partial charge in [-0.2, -0.15) is 0 Å². The Hall–Kier alpha value is -2.16. The van der Waals surface area contributed by atoms with Crippen LogP contribution in [0.5, 0.6) is 5.75 Å². The van der Waals surface area contributed by atoms with E-state index in [0.717, 1.165) is 37.0 Å². The molecule has 0 radical (unpaired) electrons. The van der Waals surface area contributed by atoms with E-state index in [-0.39, 0.29) is 11.5 Å². The highest BCUT2D eigenvalue weighted by Gasteiger charge is 2.26. The summed E-state index contributed by atoms with van der Waals surface area (Å²) in [5, 5.41) is 0. The molecule has 3 heteroatoms. The fourth-order valence-corrected chi connectivity index (χ4v) is 3.94. The van der Waals surface area contributed by atoms with Gasteiger partial charge in [0.05, 0.1) is 6.61 Å². The molecule has 1 atom stereocenters. The van der Waals surface area contributed by atoms with Gasteiger partial charge in [-0.3, -0.25) is 0 Å². The zero-order valence-corrected chi connectivity index (χ0v) is 16.2. The minimum Gasteiger partial charge on any atom is -0.493 e. The van der Waals surface area contributed by atoms with Gasteiger partial charge in [0.1, 0.15) is 17.4 Å². The first kappa shape index (κ1) is 19.6. The second-order valence-electron chi connectivity index (χ2n) is 7.30. The van der Waals surface area contributed by atoms with Gasteiger partial charge in [-0.25, -0.2) is 8.78 Å². The van der Waals surface area contributed by atoms with Crippen molar-refractivity contribution in [3.63, 3.8) is 0 Å². The number of rotatable bonds is 7. The smallest absolute Gasteiger partial charge is 0.129 e. The van der Waals surface area contributed by atoms with Gasteiger partial charge < -0.3 is 4.74 Å². The summed E-state index contributed by atoms with van der Waals surface area (Å²) in [6.45, 7) is 4.67. The summed E-state index contributed by atoms with van der Waals surface area (Å²) in [4.78, 5) is 0. The zero-order valence-electron chi connectivity index (χ0n) is 16.2. The molecule has 0 heterocycles. The quantitative estimate of drug-likeness (QED) is 0.397. The number of hydrogen-bond donors (Lipinski definition) is 0. The Morgan fingerprint density at radius 1 is 1.11 bits per heavy atom. The number of hydrogen-bond acceptors (Lipinski definition) is 1. The van der Waals surface area contributed by atoms with Gasteiger partial charge in [-0.15, -0.1) is 0 Å². The SMILES string of the molecule is CC=CCCOc1ccc2c(c1)CCC(c1c(F)cc(CCC)cc1F)C2. The van der Waals surface area contributed by atoms with Gasteiger partial charge in [0, 0.05) is 5.56 Å². The molecule has 0 amide bonds. The van der Waals surface area contributed by atoms with Crippen molar-refractivity contribution in [2.45, 2.75) is 58.3 Å². The van der Waals surface area contributed by atoms with Crippen molar-refractivity contribution in [2.75, 3.05) is 6.61 Å². The van der Waals surface area contributed by atoms with Crippen LogP contribution in [0.15, 0.2) is 42.5 Å². The van der Waals surface area contributed by atoms with E-state index in [4.69, 9.17) is 4.74 Å². The van der Waals surface area contributed by atoms with Crippen LogP contribution in [-0.4, -0.2) is 6.61 Å². The van der Waals surface area contributed by atoms with Gasteiger partial charge in [0.25, 0.3) is 0 Å². The van der Waals surface area contributed by atoms with E-state index >= 15 is 0 Å². The summed E-state index contributed by atoms with van der Waals surface area (Å²) in [5.41, 5.74) is 3.40. The van der Waals surface area contributed by atoms with E-state index in [2.05, 4.69) is 12.1 Å². The maximum atomic E-state index is 14.6. The van der Waals surface area contributed by atoms with Gasteiger partial charge in [0.15, 0.2) is 0 Å². The topological polar surface area (TPSA) is 9.23 Å². The second-order valence-corrected chi connectivity index (χ2v) is 7.30. The summed E-state index contributed by atoms with van der Waals surface area (Å²) in [6, 6.07) is 9.12. The van der Waals surface area contributed by atoms with Crippen molar-refractivity contribution in [2.24, 2.45) is 0 Å². The number of allylic oxidation sites excluding steroid dienone is 1. The van der Waals surface area contributed by atoms with Crippen LogP contribution in [-0.2, 0) is 19.3 Å². The van der Waals surface area contributed by atoms with Crippen LogP contribution in [0.25, 0.3) is 0 Å². The Balaban J connectivity index is 1.73. The molecule has 0 saturated heterocycles. The Bertz CT molecular complexity index is 787. The molecule has 3 rings (SSSR count). The monoisotopic (exact) mass is 370 g/mol. The van der Waals surface area contributed by atoms with Crippen LogP contribution in [0.3, 0.4) is 0 Å². The lowest BCUT2D eigenvalue weighted by atomic mass is 9.79. The van der Waals surface area contributed by atoms with Crippen molar-refractivity contribution in [3.05, 3.63) is 76.4 Å². The first-order valence-electron chi connectivity index (χ1n) is 9.96. The molecule has 2 aromatic rings. The fraction of sp³-hybridized carbons (Fsp3) is 0.417. The van der Waals surface area contributed by atoms with Crippen LogP contribution in [0, 0.1) is 11.6 Å². The van der Waals surface area contributed by atoms with Crippen molar-refractivity contribution in [3.8, 4) is 5.75 Å². The number of fused-ring (bicyclic) bond motifs is 1. The molecule has 27 heavy (non-hydrogen) atoms. The molecule has 0 aromatic heterocycles. The standard InChI is InChI=1S/C24H28F2O/c1-3-5-6-12-27-21-11-10-18-15-20(9-8-19(18)16-21)24-22(25)13-17(7-4-2)14-23(24)26/h3,5,10-11,13-14,16,20H,4,6-9,12,15H2,1-2H3. The maximum absolute atomic E-state index is 14.6. The maximum Gasteiger partial charge on any atom is 0.129 e. The van der Waals surface area contributed by atoms with Crippen molar-refractivity contribution < 1.29 is 13.5 Å².